The van der Waals surface area contributed by atoms with Crippen LogP contribution in [0.15, 0.2) is 0 Å². The Morgan fingerprint density at radius 3 is 2.08 bits per heavy atom. The maximum Gasteiger partial charge on any atom is -0.00176 e. The molecule has 1 saturated heterocycles. The van der Waals surface area contributed by atoms with E-state index in [1.807, 2.05) is 0 Å². The van der Waals surface area contributed by atoms with Gasteiger partial charge in [-0.05, 0) is 55.5 Å². The molecule has 0 aromatic carbocycles. The van der Waals surface area contributed by atoms with Gasteiger partial charge in [-0.25, -0.2) is 0 Å². The van der Waals surface area contributed by atoms with Crippen LogP contribution in [0.2, 0.25) is 0 Å². The van der Waals surface area contributed by atoms with Gasteiger partial charge in [0, 0.05) is 0 Å². The number of nitrogens with one attached hydrogen (secondary N) is 1. The Kier molecular flexibility index (Phi) is 2.39. The van der Waals surface area contributed by atoms with Gasteiger partial charge in [0.2, 0.25) is 0 Å². The fraction of sp³-hybridized carbons (Fsp3) is 1.00. The molecule has 2 unspecified atom stereocenters. The quantitative estimate of drug-likeness (QED) is 0.656. The van der Waals surface area contributed by atoms with Crippen LogP contribution >= 0.6 is 0 Å². The lowest BCUT2D eigenvalue weighted by molar-refractivity contribution is 0.171. The lowest BCUT2D eigenvalue weighted by Crippen LogP contribution is -2.39. The molecule has 76 valence electrons. The molecule has 1 heteroatoms. The van der Waals surface area contributed by atoms with E-state index in [0.29, 0.717) is 5.41 Å². The summed E-state index contributed by atoms with van der Waals surface area (Å²) >= 11 is 0. The van der Waals surface area contributed by atoms with Gasteiger partial charge in [0.25, 0.3) is 0 Å². The minimum atomic E-state index is 0.531. The van der Waals surface area contributed by atoms with Crippen molar-refractivity contribution < 1.29 is 0 Å². The summed E-state index contributed by atoms with van der Waals surface area (Å²) in [6, 6.07) is 0. The molecule has 0 spiro atoms. The number of rotatable bonds is 1. The van der Waals surface area contributed by atoms with Crippen LogP contribution in [0.4, 0.5) is 0 Å². The van der Waals surface area contributed by atoms with Crippen LogP contribution in [0.1, 0.15) is 40.0 Å². The summed E-state index contributed by atoms with van der Waals surface area (Å²) < 4.78 is 0. The fourth-order valence-corrected chi connectivity index (χ4v) is 3.24. The van der Waals surface area contributed by atoms with E-state index in [2.05, 4.69) is 26.1 Å². The van der Waals surface area contributed by atoms with Crippen LogP contribution in [0.3, 0.4) is 0 Å². The van der Waals surface area contributed by atoms with Crippen molar-refractivity contribution in [2.75, 3.05) is 13.1 Å². The van der Waals surface area contributed by atoms with Gasteiger partial charge in [0.05, 0.1) is 0 Å². The second kappa shape index (κ2) is 3.27. The van der Waals surface area contributed by atoms with Gasteiger partial charge in [-0.15, -0.1) is 0 Å². The van der Waals surface area contributed by atoms with Crippen molar-refractivity contribution in [3.63, 3.8) is 0 Å². The lowest BCUT2D eigenvalue weighted by Gasteiger charge is -2.35. The zero-order chi connectivity index (χ0) is 9.47. The van der Waals surface area contributed by atoms with Crippen LogP contribution in [-0.4, -0.2) is 13.1 Å². The summed E-state index contributed by atoms with van der Waals surface area (Å²) in [5.41, 5.74) is 0.531. The van der Waals surface area contributed by atoms with Crippen molar-refractivity contribution in [2.45, 2.75) is 40.0 Å². The van der Waals surface area contributed by atoms with Gasteiger partial charge in [-0.3, -0.25) is 0 Å². The minimum absolute atomic E-state index is 0.531. The molecule has 1 aliphatic carbocycles. The Morgan fingerprint density at radius 1 is 1.08 bits per heavy atom. The van der Waals surface area contributed by atoms with Crippen molar-refractivity contribution in [3.05, 3.63) is 0 Å². The molecule has 2 rings (SSSR count). The topological polar surface area (TPSA) is 12.0 Å². The van der Waals surface area contributed by atoms with Gasteiger partial charge >= 0.3 is 0 Å². The van der Waals surface area contributed by atoms with Gasteiger partial charge < -0.3 is 5.32 Å². The Morgan fingerprint density at radius 2 is 1.62 bits per heavy atom. The van der Waals surface area contributed by atoms with E-state index in [9.17, 15) is 0 Å². The van der Waals surface area contributed by atoms with E-state index in [0.717, 1.165) is 17.8 Å². The SMILES string of the molecule is CC(C)(C)CC1C2CCC1CNC2. The molecular formula is C12H23N. The molecule has 1 aliphatic heterocycles. The van der Waals surface area contributed by atoms with Crippen molar-refractivity contribution in [1.82, 2.24) is 5.32 Å². The Hall–Kier alpha value is -0.0400. The Balaban J connectivity index is 1.99. The highest BCUT2D eigenvalue weighted by atomic mass is 14.9. The summed E-state index contributed by atoms with van der Waals surface area (Å²) in [5.74, 6) is 3.03. The molecule has 1 heterocycles. The number of piperidine rings is 1. The minimum Gasteiger partial charge on any atom is -0.316 e. The van der Waals surface area contributed by atoms with Crippen molar-refractivity contribution in [1.29, 1.82) is 0 Å². The van der Waals surface area contributed by atoms with E-state index in [-0.39, 0.29) is 0 Å². The van der Waals surface area contributed by atoms with Crippen molar-refractivity contribution in [3.8, 4) is 0 Å². The molecule has 2 fully saturated rings. The smallest absolute Gasteiger partial charge is 0.00176 e. The Labute approximate surface area is 82.3 Å². The molecule has 0 amide bonds. The second-order valence-corrected chi connectivity index (χ2v) is 6.18. The molecule has 0 radical (unpaired) electrons. The van der Waals surface area contributed by atoms with Crippen molar-refractivity contribution >= 4 is 0 Å². The first-order chi connectivity index (χ1) is 6.06. The average molecular weight is 181 g/mol. The third-order valence-corrected chi connectivity index (χ3v) is 3.78. The molecule has 1 N–H and O–H groups in total. The maximum atomic E-state index is 3.56. The summed E-state index contributed by atoms with van der Waals surface area (Å²) in [6.07, 6.45) is 4.40. The standard InChI is InChI=1S/C12H23N/c1-12(2,3)6-11-9-4-5-10(11)8-13-7-9/h9-11,13H,4-8H2,1-3H3. The molecule has 13 heavy (non-hydrogen) atoms. The number of fused-ring (bicyclic) bond motifs is 2. The Bertz CT molecular complexity index is 164. The lowest BCUT2D eigenvalue weighted by atomic mass is 9.75. The largest absolute Gasteiger partial charge is 0.316 e. The summed E-state index contributed by atoms with van der Waals surface area (Å²) in [5, 5.41) is 3.56. The highest BCUT2D eigenvalue weighted by molar-refractivity contribution is 4.92. The first-order valence-corrected chi connectivity index (χ1v) is 5.77. The maximum absolute atomic E-state index is 3.56. The molecule has 2 aliphatic rings. The van der Waals surface area contributed by atoms with Crippen LogP contribution in [0.25, 0.3) is 0 Å². The fourth-order valence-electron chi connectivity index (χ4n) is 3.24. The van der Waals surface area contributed by atoms with E-state index < -0.39 is 0 Å². The van der Waals surface area contributed by atoms with E-state index in [1.165, 1.54) is 32.4 Å². The van der Waals surface area contributed by atoms with Gasteiger partial charge in [0.15, 0.2) is 0 Å². The van der Waals surface area contributed by atoms with Crippen LogP contribution in [0, 0.1) is 23.2 Å². The first kappa shape index (κ1) is 9.51. The van der Waals surface area contributed by atoms with Gasteiger partial charge in [-0.2, -0.15) is 0 Å². The van der Waals surface area contributed by atoms with Gasteiger partial charge in [0.1, 0.15) is 0 Å². The second-order valence-electron chi connectivity index (χ2n) is 6.18. The van der Waals surface area contributed by atoms with Crippen LogP contribution in [-0.2, 0) is 0 Å². The normalized spacial score (nSPS) is 39.5. The highest BCUT2D eigenvalue weighted by Gasteiger charge is 2.40. The monoisotopic (exact) mass is 181 g/mol. The predicted octanol–water partition coefficient (Wildman–Crippen LogP) is 2.67. The predicted molar refractivity (Wildman–Crippen MR) is 56.6 cm³/mol. The zero-order valence-electron chi connectivity index (χ0n) is 9.27. The molecule has 1 saturated carbocycles. The van der Waals surface area contributed by atoms with E-state index in [1.54, 1.807) is 0 Å². The van der Waals surface area contributed by atoms with Crippen LogP contribution in [0.5, 0.6) is 0 Å². The molecule has 2 bridgehead atoms. The summed E-state index contributed by atoms with van der Waals surface area (Å²) in [7, 11) is 0. The summed E-state index contributed by atoms with van der Waals surface area (Å²) in [6.45, 7) is 9.73. The van der Waals surface area contributed by atoms with Crippen LogP contribution < -0.4 is 5.32 Å². The molecule has 2 atom stereocenters. The highest BCUT2D eigenvalue weighted by Crippen LogP contribution is 2.44. The van der Waals surface area contributed by atoms with Crippen molar-refractivity contribution in [2.24, 2.45) is 23.2 Å². The third-order valence-electron chi connectivity index (χ3n) is 3.78. The average Bonchev–Trinajstić information content (AvgIpc) is 2.29. The number of hydrogen-bond donors (Lipinski definition) is 1. The molecule has 0 aromatic rings. The zero-order valence-corrected chi connectivity index (χ0v) is 9.27. The molecular weight excluding hydrogens is 158 g/mol. The van der Waals surface area contributed by atoms with E-state index in [4.69, 9.17) is 0 Å². The number of hydrogen-bond acceptors (Lipinski definition) is 1. The van der Waals surface area contributed by atoms with E-state index >= 15 is 0 Å². The molecule has 0 aromatic heterocycles. The van der Waals surface area contributed by atoms with Gasteiger partial charge in [-0.1, -0.05) is 20.8 Å². The molecule has 1 nitrogen and oxygen atoms in total. The summed E-state index contributed by atoms with van der Waals surface area (Å²) in [4.78, 5) is 0. The third kappa shape index (κ3) is 2.07. The first-order valence-electron chi connectivity index (χ1n) is 5.77.